The van der Waals surface area contributed by atoms with Crippen molar-refractivity contribution in [2.75, 3.05) is 26.2 Å². The van der Waals surface area contributed by atoms with Gasteiger partial charge in [0.25, 0.3) is 0 Å². The highest BCUT2D eigenvalue weighted by Gasteiger charge is 2.19. The van der Waals surface area contributed by atoms with Crippen molar-refractivity contribution in [2.24, 2.45) is 5.73 Å². The number of hydrogen-bond acceptors (Lipinski definition) is 5. The number of amides is 3. The molecule has 0 bridgehead atoms. The largest absolute Gasteiger partial charge is 0.395 e. The van der Waals surface area contributed by atoms with E-state index in [2.05, 4.69) is 16.0 Å². The Morgan fingerprint density at radius 3 is 2.42 bits per heavy atom. The Balaban J connectivity index is 4.22. The number of carbonyl (C=O) groups is 3. The molecule has 6 N–H and O–H groups in total. The van der Waals surface area contributed by atoms with Crippen LogP contribution in [0.3, 0.4) is 0 Å². The lowest BCUT2D eigenvalue weighted by Crippen LogP contribution is -2.47. The minimum absolute atomic E-state index is 0.0843. The fourth-order valence-corrected chi connectivity index (χ4v) is 1.39. The van der Waals surface area contributed by atoms with Gasteiger partial charge in [-0.3, -0.25) is 14.4 Å². The maximum Gasteiger partial charge on any atom is 0.242 e. The van der Waals surface area contributed by atoms with Gasteiger partial charge in [0.05, 0.1) is 6.61 Å². The molecule has 0 aliphatic carbocycles. The molecule has 19 heavy (non-hydrogen) atoms. The van der Waals surface area contributed by atoms with Gasteiger partial charge in [-0.25, -0.2) is 0 Å². The van der Waals surface area contributed by atoms with Crippen molar-refractivity contribution in [3.63, 3.8) is 0 Å². The minimum atomic E-state index is -0.760. The van der Waals surface area contributed by atoms with Gasteiger partial charge < -0.3 is 26.8 Å². The van der Waals surface area contributed by atoms with Gasteiger partial charge in [0.15, 0.2) is 0 Å². The fraction of sp³-hybridized carbons (Fsp3) is 0.727. The summed E-state index contributed by atoms with van der Waals surface area (Å²) in [6.45, 7) is 1.94. The minimum Gasteiger partial charge on any atom is -0.395 e. The zero-order valence-electron chi connectivity index (χ0n) is 11.1. The third-order valence-corrected chi connectivity index (χ3v) is 2.23. The number of nitrogens with one attached hydrogen (secondary N) is 3. The number of aliphatic hydroxyl groups excluding tert-OH is 1. The molecule has 0 rings (SSSR count). The van der Waals surface area contributed by atoms with E-state index in [0.717, 1.165) is 0 Å². The molecule has 0 radical (unpaired) electrons. The molecule has 0 saturated heterocycles. The third kappa shape index (κ3) is 8.97. The smallest absolute Gasteiger partial charge is 0.242 e. The second-order valence-corrected chi connectivity index (χ2v) is 3.95. The van der Waals surface area contributed by atoms with Crippen LogP contribution in [0.25, 0.3) is 0 Å². The van der Waals surface area contributed by atoms with Crippen LogP contribution in [0.1, 0.15) is 19.8 Å². The Kier molecular flexibility index (Phi) is 9.37. The number of hydrogen-bond donors (Lipinski definition) is 5. The van der Waals surface area contributed by atoms with E-state index in [9.17, 15) is 14.4 Å². The molecule has 8 heteroatoms. The normalized spacial score (nSPS) is 11.5. The quantitative estimate of drug-likeness (QED) is 0.316. The first kappa shape index (κ1) is 17.3. The number of rotatable bonds is 9. The molecule has 8 nitrogen and oxygen atoms in total. The van der Waals surface area contributed by atoms with Gasteiger partial charge in [0.1, 0.15) is 6.04 Å². The highest BCUT2D eigenvalue weighted by molar-refractivity contribution is 5.87. The summed E-state index contributed by atoms with van der Waals surface area (Å²) in [5.74, 6) is -0.990. The highest BCUT2D eigenvalue weighted by atomic mass is 16.3. The third-order valence-electron chi connectivity index (χ3n) is 2.23. The topological polar surface area (TPSA) is 134 Å². The van der Waals surface area contributed by atoms with Gasteiger partial charge in [0.2, 0.25) is 17.7 Å². The molecule has 0 aliphatic heterocycles. The highest BCUT2D eigenvalue weighted by Crippen LogP contribution is 1.98. The molecular formula is C11H22N4O4. The van der Waals surface area contributed by atoms with Crippen LogP contribution in [0.4, 0.5) is 0 Å². The van der Waals surface area contributed by atoms with Crippen molar-refractivity contribution in [2.45, 2.75) is 25.8 Å². The number of aliphatic hydroxyl groups is 1. The Labute approximate surface area is 112 Å². The lowest BCUT2D eigenvalue weighted by molar-refractivity contribution is -0.128. The van der Waals surface area contributed by atoms with E-state index >= 15 is 0 Å². The molecule has 3 amide bonds. The van der Waals surface area contributed by atoms with Crippen LogP contribution in [-0.2, 0) is 14.4 Å². The van der Waals surface area contributed by atoms with Gasteiger partial charge in [-0.2, -0.15) is 0 Å². The van der Waals surface area contributed by atoms with Crippen LogP contribution < -0.4 is 21.7 Å². The Bertz CT molecular complexity index is 309. The van der Waals surface area contributed by atoms with E-state index in [-0.39, 0.29) is 43.7 Å². The van der Waals surface area contributed by atoms with Crippen molar-refractivity contribution in [3.8, 4) is 0 Å². The molecule has 0 heterocycles. The molecule has 1 atom stereocenters. The van der Waals surface area contributed by atoms with Crippen LogP contribution in [-0.4, -0.2) is 55.1 Å². The monoisotopic (exact) mass is 274 g/mol. The summed E-state index contributed by atoms with van der Waals surface area (Å²) >= 11 is 0. The molecule has 0 aromatic heterocycles. The van der Waals surface area contributed by atoms with Crippen molar-refractivity contribution in [3.05, 3.63) is 0 Å². The predicted octanol–water partition coefficient (Wildman–Crippen LogP) is -2.55. The predicted molar refractivity (Wildman–Crippen MR) is 69.0 cm³/mol. The standard InChI is InChI=1S/C11H22N4O4/c1-8(17)15-9(11(19)14-5-4-12)2-3-10(18)13-6-7-16/h9,16H,2-7,12H2,1H3,(H,13,18)(H,14,19)(H,15,17). The zero-order chi connectivity index (χ0) is 14.7. The van der Waals surface area contributed by atoms with Gasteiger partial charge in [0, 0.05) is 33.0 Å². The van der Waals surface area contributed by atoms with Gasteiger partial charge in [-0.15, -0.1) is 0 Å². The molecule has 0 saturated carbocycles. The SMILES string of the molecule is CC(=O)NC(CCC(=O)NCCO)C(=O)NCCN. The molecule has 0 aromatic carbocycles. The summed E-state index contributed by atoms with van der Waals surface area (Å²) in [6.07, 6.45) is 0.272. The first-order chi connectivity index (χ1) is 9.01. The van der Waals surface area contributed by atoms with E-state index in [1.54, 1.807) is 0 Å². The lowest BCUT2D eigenvalue weighted by Gasteiger charge is -2.17. The van der Waals surface area contributed by atoms with Gasteiger partial charge in [-0.05, 0) is 6.42 Å². The molecule has 0 aliphatic rings. The Hall–Kier alpha value is -1.67. The molecular weight excluding hydrogens is 252 g/mol. The molecule has 0 fully saturated rings. The van der Waals surface area contributed by atoms with Crippen LogP contribution in [0.2, 0.25) is 0 Å². The summed E-state index contributed by atoms with van der Waals surface area (Å²) in [5, 5.41) is 16.1. The van der Waals surface area contributed by atoms with E-state index in [4.69, 9.17) is 10.8 Å². The van der Waals surface area contributed by atoms with Gasteiger partial charge >= 0.3 is 0 Å². The second kappa shape index (κ2) is 10.3. The molecule has 0 spiro atoms. The molecule has 1 unspecified atom stereocenters. The number of nitrogens with two attached hydrogens (primary N) is 1. The Morgan fingerprint density at radius 1 is 1.21 bits per heavy atom. The summed E-state index contributed by atoms with van der Waals surface area (Å²) in [5.41, 5.74) is 5.27. The molecule has 110 valence electrons. The maximum absolute atomic E-state index is 11.7. The summed E-state index contributed by atoms with van der Waals surface area (Å²) in [7, 11) is 0. The summed E-state index contributed by atoms with van der Waals surface area (Å²) in [4.78, 5) is 34.1. The van der Waals surface area contributed by atoms with Crippen LogP contribution in [0.5, 0.6) is 0 Å². The van der Waals surface area contributed by atoms with Gasteiger partial charge in [-0.1, -0.05) is 0 Å². The average molecular weight is 274 g/mol. The van der Waals surface area contributed by atoms with Crippen LogP contribution in [0, 0.1) is 0 Å². The first-order valence-corrected chi connectivity index (χ1v) is 6.13. The van der Waals surface area contributed by atoms with Crippen molar-refractivity contribution in [1.29, 1.82) is 0 Å². The van der Waals surface area contributed by atoms with E-state index in [0.29, 0.717) is 13.1 Å². The maximum atomic E-state index is 11.7. The first-order valence-electron chi connectivity index (χ1n) is 6.13. The van der Waals surface area contributed by atoms with E-state index in [1.807, 2.05) is 0 Å². The van der Waals surface area contributed by atoms with Crippen molar-refractivity contribution in [1.82, 2.24) is 16.0 Å². The van der Waals surface area contributed by atoms with Crippen molar-refractivity contribution >= 4 is 17.7 Å². The van der Waals surface area contributed by atoms with Crippen LogP contribution >= 0.6 is 0 Å². The average Bonchev–Trinajstić information content (AvgIpc) is 2.37. The van der Waals surface area contributed by atoms with E-state index < -0.39 is 6.04 Å². The van der Waals surface area contributed by atoms with E-state index in [1.165, 1.54) is 6.92 Å². The molecule has 0 aromatic rings. The number of carbonyl (C=O) groups excluding carboxylic acids is 3. The Morgan fingerprint density at radius 2 is 1.89 bits per heavy atom. The zero-order valence-corrected chi connectivity index (χ0v) is 11.1. The van der Waals surface area contributed by atoms with Crippen molar-refractivity contribution < 1.29 is 19.5 Å². The summed E-state index contributed by atoms with van der Waals surface area (Å²) in [6, 6.07) is -0.760. The summed E-state index contributed by atoms with van der Waals surface area (Å²) < 4.78 is 0. The second-order valence-electron chi connectivity index (χ2n) is 3.95. The fourth-order valence-electron chi connectivity index (χ4n) is 1.39. The van der Waals surface area contributed by atoms with Crippen LogP contribution in [0.15, 0.2) is 0 Å². The lowest BCUT2D eigenvalue weighted by atomic mass is 10.1.